The smallest absolute Gasteiger partial charge is 0.236 e. The highest BCUT2D eigenvalue weighted by Gasteiger charge is 2.45. The van der Waals surface area contributed by atoms with Crippen molar-refractivity contribution in [2.45, 2.75) is 51.0 Å². The summed E-state index contributed by atoms with van der Waals surface area (Å²) in [4.78, 5) is 20.1. The van der Waals surface area contributed by atoms with Gasteiger partial charge in [-0.25, -0.2) is 4.98 Å². The van der Waals surface area contributed by atoms with Crippen LogP contribution in [0.15, 0.2) is 35.7 Å². The standard InChI is InChI=1S/C21H27N3OS/c1-16-8-12-24(13-9-16)14-18-15-26-20(22-18)23-19(25)21(10-5-11-21)17-6-3-2-4-7-17/h2-4,6-7,15-16H,5,8-14H2,1H3,(H,22,23,25). The predicted octanol–water partition coefficient (Wildman–Crippen LogP) is 4.44. The van der Waals surface area contributed by atoms with Gasteiger partial charge >= 0.3 is 0 Å². The molecular formula is C21H27N3OS. The molecule has 1 N–H and O–H groups in total. The van der Waals surface area contributed by atoms with Crippen LogP contribution < -0.4 is 5.32 Å². The monoisotopic (exact) mass is 369 g/mol. The summed E-state index contributed by atoms with van der Waals surface area (Å²) in [6.07, 6.45) is 5.50. The van der Waals surface area contributed by atoms with Gasteiger partial charge in [-0.2, -0.15) is 0 Å². The van der Waals surface area contributed by atoms with Crippen LogP contribution >= 0.6 is 11.3 Å². The Labute approximate surface area is 159 Å². The van der Waals surface area contributed by atoms with E-state index in [0.29, 0.717) is 0 Å². The molecule has 2 heterocycles. The number of aromatic nitrogens is 1. The quantitative estimate of drug-likeness (QED) is 0.848. The maximum absolute atomic E-state index is 13.0. The summed E-state index contributed by atoms with van der Waals surface area (Å²) in [6, 6.07) is 10.2. The van der Waals surface area contributed by atoms with E-state index in [1.54, 1.807) is 11.3 Å². The summed E-state index contributed by atoms with van der Waals surface area (Å²) in [5.74, 6) is 0.941. The molecule has 0 spiro atoms. The van der Waals surface area contributed by atoms with E-state index in [1.165, 1.54) is 12.8 Å². The molecule has 0 atom stereocenters. The lowest BCUT2D eigenvalue weighted by Gasteiger charge is -2.40. The summed E-state index contributed by atoms with van der Waals surface area (Å²) in [7, 11) is 0. The van der Waals surface area contributed by atoms with Crippen molar-refractivity contribution >= 4 is 22.4 Å². The van der Waals surface area contributed by atoms with E-state index in [4.69, 9.17) is 0 Å². The Kier molecular flexibility index (Phi) is 5.09. The second kappa shape index (κ2) is 7.49. The lowest BCUT2D eigenvalue weighted by Crippen LogP contribution is -2.45. The maximum atomic E-state index is 13.0. The lowest BCUT2D eigenvalue weighted by molar-refractivity contribution is -0.124. The third-order valence-corrected chi connectivity index (χ3v) is 6.81. The molecule has 1 aromatic heterocycles. The van der Waals surface area contributed by atoms with Crippen molar-refractivity contribution in [1.29, 1.82) is 0 Å². The van der Waals surface area contributed by atoms with E-state index < -0.39 is 0 Å². The topological polar surface area (TPSA) is 45.2 Å². The molecule has 0 radical (unpaired) electrons. The van der Waals surface area contributed by atoms with Gasteiger partial charge in [0.25, 0.3) is 0 Å². The van der Waals surface area contributed by atoms with E-state index in [0.717, 1.165) is 61.2 Å². The second-order valence-corrected chi connectivity index (χ2v) is 8.72. The van der Waals surface area contributed by atoms with Crippen molar-refractivity contribution in [1.82, 2.24) is 9.88 Å². The zero-order chi connectivity index (χ0) is 18.0. The average Bonchev–Trinajstić information content (AvgIpc) is 3.04. The number of carbonyl (C=O) groups excluding carboxylic acids is 1. The molecule has 0 bridgehead atoms. The molecule has 1 saturated heterocycles. The molecule has 0 unspecified atom stereocenters. The van der Waals surface area contributed by atoms with E-state index >= 15 is 0 Å². The van der Waals surface area contributed by atoms with E-state index in [2.05, 4.69) is 39.6 Å². The minimum atomic E-state index is -0.365. The number of hydrogen-bond donors (Lipinski definition) is 1. The zero-order valence-corrected chi connectivity index (χ0v) is 16.2. The third kappa shape index (κ3) is 3.55. The first-order chi connectivity index (χ1) is 12.7. The number of likely N-dealkylation sites (tertiary alicyclic amines) is 1. The highest BCUT2D eigenvalue weighted by atomic mass is 32.1. The molecule has 4 nitrogen and oxygen atoms in total. The molecule has 1 aromatic carbocycles. The van der Waals surface area contributed by atoms with E-state index in [9.17, 15) is 4.79 Å². The Bertz CT molecular complexity index is 746. The Morgan fingerprint density at radius 1 is 1.27 bits per heavy atom. The normalized spacial score (nSPS) is 20.5. The number of amides is 1. The minimum Gasteiger partial charge on any atom is -0.301 e. The van der Waals surface area contributed by atoms with Crippen LogP contribution in [0.5, 0.6) is 0 Å². The van der Waals surface area contributed by atoms with Gasteiger partial charge in [0.2, 0.25) is 5.91 Å². The number of benzene rings is 1. The van der Waals surface area contributed by atoms with Crippen LogP contribution in [-0.2, 0) is 16.8 Å². The SMILES string of the molecule is CC1CCN(Cc2csc(NC(=O)C3(c4ccccc4)CCC3)n2)CC1. The number of hydrogen-bond acceptors (Lipinski definition) is 4. The van der Waals surface area contributed by atoms with Crippen molar-refractivity contribution in [3.63, 3.8) is 0 Å². The first kappa shape index (κ1) is 17.7. The Morgan fingerprint density at radius 2 is 2.00 bits per heavy atom. The van der Waals surface area contributed by atoms with Gasteiger partial charge in [0.1, 0.15) is 0 Å². The fraction of sp³-hybridized carbons (Fsp3) is 0.524. The second-order valence-electron chi connectivity index (χ2n) is 7.86. The highest BCUT2D eigenvalue weighted by molar-refractivity contribution is 7.13. The van der Waals surface area contributed by atoms with Gasteiger partial charge in [-0.15, -0.1) is 11.3 Å². The van der Waals surface area contributed by atoms with Gasteiger partial charge in [0, 0.05) is 11.9 Å². The van der Waals surface area contributed by atoms with E-state index in [1.807, 2.05) is 18.2 Å². The fourth-order valence-corrected chi connectivity index (χ4v) is 4.73. The molecule has 138 valence electrons. The van der Waals surface area contributed by atoms with Gasteiger partial charge < -0.3 is 5.32 Å². The minimum absolute atomic E-state index is 0.0997. The van der Waals surface area contributed by atoms with Crippen LogP contribution in [0, 0.1) is 5.92 Å². The number of carbonyl (C=O) groups is 1. The first-order valence-electron chi connectivity index (χ1n) is 9.69. The van der Waals surface area contributed by atoms with Crippen LogP contribution in [-0.4, -0.2) is 28.9 Å². The molecule has 1 aliphatic heterocycles. The number of nitrogens with one attached hydrogen (secondary N) is 1. The first-order valence-corrected chi connectivity index (χ1v) is 10.6. The highest BCUT2D eigenvalue weighted by Crippen LogP contribution is 2.44. The number of anilines is 1. The van der Waals surface area contributed by atoms with Crippen LogP contribution in [0.3, 0.4) is 0 Å². The zero-order valence-electron chi connectivity index (χ0n) is 15.4. The maximum Gasteiger partial charge on any atom is 0.236 e. The van der Waals surface area contributed by atoms with E-state index in [-0.39, 0.29) is 11.3 Å². The number of nitrogens with zero attached hydrogens (tertiary/aromatic N) is 2. The van der Waals surface area contributed by atoms with Crippen LogP contribution in [0.2, 0.25) is 0 Å². The summed E-state index contributed by atoms with van der Waals surface area (Å²) in [6.45, 7) is 5.52. The van der Waals surface area contributed by atoms with Gasteiger partial charge in [-0.05, 0) is 50.3 Å². The van der Waals surface area contributed by atoms with Crippen molar-refractivity contribution in [3.8, 4) is 0 Å². The number of piperidine rings is 1. The molecule has 2 fully saturated rings. The summed E-state index contributed by atoms with van der Waals surface area (Å²) < 4.78 is 0. The molecule has 2 aliphatic rings. The third-order valence-electron chi connectivity index (χ3n) is 6.00. The van der Waals surface area contributed by atoms with Gasteiger partial charge in [0.15, 0.2) is 5.13 Å². The largest absolute Gasteiger partial charge is 0.301 e. The Hall–Kier alpha value is -1.72. The Morgan fingerprint density at radius 3 is 2.65 bits per heavy atom. The lowest BCUT2D eigenvalue weighted by atomic mass is 9.64. The average molecular weight is 370 g/mol. The summed E-state index contributed by atoms with van der Waals surface area (Å²) >= 11 is 1.54. The van der Waals surface area contributed by atoms with Crippen molar-refractivity contribution in [2.75, 3.05) is 18.4 Å². The van der Waals surface area contributed by atoms with Gasteiger partial charge in [-0.3, -0.25) is 9.69 Å². The number of rotatable bonds is 5. The fourth-order valence-electron chi connectivity index (χ4n) is 4.04. The molecule has 1 aliphatic carbocycles. The molecule has 5 heteroatoms. The number of thiazole rings is 1. The molecule has 4 rings (SSSR count). The molecule has 2 aromatic rings. The van der Waals surface area contributed by atoms with Crippen molar-refractivity contribution in [2.24, 2.45) is 5.92 Å². The molecule has 1 amide bonds. The van der Waals surface area contributed by atoms with Crippen molar-refractivity contribution < 1.29 is 4.79 Å². The molecule has 26 heavy (non-hydrogen) atoms. The molecule has 1 saturated carbocycles. The summed E-state index contributed by atoms with van der Waals surface area (Å²) in [5.41, 5.74) is 1.83. The van der Waals surface area contributed by atoms with Crippen molar-refractivity contribution in [3.05, 3.63) is 47.0 Å². The van der Waals surface area contributed by atoms with Crippen LogP contribution in [0.25, 0.3) is 0 Å². The molecular weight excluding hydrogens is 342 g/mol. The van der Waals surface area contributed by atoms with Crippen LogP contribution in [0.4, 0.5) is 5.13 Å². The van der Waals surface area contributed by atoms with Crippen LogP contribution in [0.1, 0.15) is 50.3 Å². The van der Waals surface area contributed by atoms with Gasteiger partial charge in [-0.1, -0.05) is 43.7 Å². The summed E-state index contributed by atoms with van der Waals surface area (Å²) in [5, 5.41) is 5.92. The Balaban J connectivity index is 1.40. The van der Waals surface area contributed by atoms with Gasteiger partial charge in [0.05, 0.1) is 11.1 Å². The predicted molar refractivity (Wildman–Crippen MR) is 106 cm³/mol.